The van der Waals surface area contributed by atoms with Crippen molar-refractivity contribution in [2.24, 2.45) is 0 Å². The van der Waals surface area contributed by atoms with Crippen LogP contribution in [0.5, 0.6) is 0 Å². The first kappa shape index (κ1) is 26.8. The molecular weight excluding hydrogens is 410 g/mol. The number of aryl methyl sites for hydroxylation is 1. The molecule has 1 aromatic rings. The second-order valence-electron chi connectivity index (χ2n) is 7.93. The van der Waals surface area contributed by atoms with E-state index in [0.717, 1.165) is 30.5 Å². The summed E-state index contributed by atoms with van der Waals surface area (Å²) in [7, 11) is -3.65. The van der Waals surface area contributed by atoms with E-state index in [1.807, 2.05) is 19.9 Å². The van der Waals surface area contributed by atoms with Gasteiger partial charge in [0.1, 0.15) is 0 Å². The molecule has 0 aliphatic carbocycles. The largest absolute Gasteiger partial charge is 0.332 e. The normalized spacial score (nSPS) is 11.0. The standard InChI is InChI=1S/C24H39N3O3S/c1-5-8-9-10-11-12-13-14-15-16-19-31(29,30)26-24(28)25-23-18-17-22(20-21(23)4)27(6-2)7-3/h2,17-18,20H,5,7-16,19H2,1,3-4H3,(H2,25,26,28). The number of nitrogens with zero attached hydrogens (tertiary/aromatic N) is 1. The summed E-state index contributed by atoms with van der Waals surface area (Å²) in [4.78, 5) is 13.9. The lowest BCUT2D eigenvalue weighted by Gasteiger charge is -2.17. The van der Waals surface area contributed by atoms with Gasteiger partial charge in [0.25, 0.3) is 0 Å². The Balaban J connectivity index is 2.34. The van der Waals surface area contributed by atoms with E-state index in [0.29, 0.717) is 18.7 Å². The number of carbonyl (C=O) groups is 1. The van der Waals surface area contributed by atoms with Gasteiger partial charge in [0.05, 0.1) is 5.75 Å². The first-order valence-electron chi connectivity index (χ1n) is 11.5. The monoisotopic (exact) mass is 449 g/mol. The third-order valence-corrected chi connectivity index (χ3v) is 6.58. The summed E-state index contributed by atoms with van der Waals surface area (Å²) in [5.41, 5.74) is 2.19. The van der Waals surface area contributed by atoms with E-state index in [1.165, 1.54) is 38.5 Å². The number of urea groups is 1. The van der Waals surface area contributed by atoms with Gasteiger partial charge in [-0.1, -0.05) is 71.1 Å². The van der Waals surface area contributed by atoms with Gasteiger partial charge in [0.15, 0.2) is 0 Å². The predicted octanol–water partition coefficient (Wildman–Crippen LogP) is 5.78. The van der Waals surface area contributed by atoms with Crippen molar-refractivity contribution in [1.29, 1.82) is 0 Å². The maximum absolute atomic E-state index is 12.2. The van der Waals surface area contributed by atoms with E-state index in [-0.39, 0.29) is 5.75 Å². The number of anilines is 2. The summed E-state index contributed by atoms with van der Waals surface area (Å²) < 4.78 is 26.4. The Morgan fingerprint density at radius 1 is 1.00 bits per heavy atom. The van der Waals surface area contributed by atoms with Crippen LogP contribution >= 0.6 is 0 Å². The molecule has 0 fully saturated rings. The van der Waals surface area contributed by atoms with Crippen molar-refractivity contribution in [3.8, 4) is 12.5 Å². The summed E-state index contributed by atoms with van der Waals surface area (Å²) in [5, 5.41) is 2.61. The van der Waals surface area contributed by atoms with Gasteiger partial charge in [-0.05, 0) is 44.0 Å². The Labute approximate surface area is 189 Å². The SMILES string of the molecule is C#CN(CC)c1ccc(NC(=O)NS(=O)(=O)CCCCCCCCCCCC)c(C)c1. The minimum absolute atomic E-state index is 0.0392. The van der Waals surface area contributed by atoms with Crippen LogP contribution in [0.3, 0.4) is 0 Å². The highest BCUT2D eigenvalue weighted by atomic mass is 32.2. The molecule has 7 heteroatoms. The molecule has 0 bridgehead atoms. The van der Waals surface area contributed by atoms with Crippen molar-refractivity contribution in [3.05, 3.63) is 23.8 Å². The fourth-order valence-electron chi connectivity index (χ4n) is 3.42. The Kier molecular flexibility index (Phi) is 12.8. The molecule has 0 saturated heterocycles. The maximum Gasteiger partial charge on any atom is 0.332 e. The van der Waals surface area contributed by atoms with Crippen LogP contribution in [0.1, 0.15) is 83.6 Å². The number of hydrogen-bond acceptors (Lipinski definition) is 4. The van der Waals surface area contributed by atoms with Gasteiger partial charge in [-0.25, -0.2) is 17.9 Å². The summed E-state index contributed by atoms with van der Waals surface area (Å²) in [6.45, 7) is 6.67. The van der Waals surface area contributed by atoms with Crippen molar-refractivity contribution in [2.75, 3.05) is 22.5 Å². The molecule has 2 amide bonds. The quantitative estimate of drug-likeness (QED) is 0.202. The van der Waals surface area contributed by atoms with E-state index in [2.05, 4.69) is 23.0 Å². The van der Waals surface area contributed by atoms with E-state index in [4.69, 9.17) is 6.42 Å². The number of rotatable bonds is 15. The number of sulfonamides is 1. The molecule has 0 aromatic heterocycles. The molecule has 0 unspecified atom stereocenters. The number of unbranched alkanes of at least 4 members (excludes halogenated alkanes) is 9. The second-order valence-corrected chi connectivity index (χ2v) is 9.77. The summed E-state index contributed by atoms with van der Waals surface area (Å²) in [6, 6.07) is 7.22. The van der Waals surface area contributed by atoms with E-state index < -0.39 is 16.1 Å². The number of carbonyl (C=O) groups excluding carboxylic acids is 1. The highest BCUT2D eigenvalue weighted by Crippen LogP contribution is 2.22. The molecule has 0 heterocycles. The van der Waals surface area contributed by atoms with Crippen LogP contribution in [0.4, 0.5) is 16.2 Å². The van der Waals surface area contributed by atoms with Crippen LogP contribution in [0.25, 0.3) is 0 Å². The first-order valence-corrected chi connectivity index (χ1v) is 13.1. The fraction of sp³-hybridized carbons (Fsp3) is 0.625. The molecule has 0 saturated carbocycles. The fourth-order valence-corrected chi connectivity index (χ4v) is 4.44. The van der Waals surface area contributed by atoms with Crippen LogP contribution in [-0.4, -0.2) is 26.7 Å². The minimum Gasteiger partial charge on any atom is -0.307 e. The van der Waals surface area contributed by atoms with Gasteiger partial charge in [-0.15, -0.1) is 0 Å². The smallest absolute Gasteiger partial charge is 0.307 e. The molecule has 0 spiro atoms. The highest BCUT2D eigenvalue weighted by Gasteiger charge is 2.15. The van der Waals surface area contributed by atoms with Gasteiger partial charge in [0.2, 0.25) is 10.0 Å². The number of hydrogen-bond donors (Lipinski definition) is 2. The van der Waals surface area contributed by atoms with Crippen LogP contribution in [0, 0.1) is 19.4 Å². The Morgan fingerprint density at radius 2 is 1.58 bits per heavy atom. The zero-order valence-electron chi connectivity index (χ0n) is 19.4. The van der Waals surface area contributed by atoms with Gasteiger partial charge in [-0.3, -0.25) is 0 Å². The molecule has 31 heavy (non-hydrogen) atoms. The second kappa shape index (κ2) is 14.7. The third kappa shape index (κ3) is 11.1. The van der Waals surface area contributed by atoms with Crippen LogP contribution < -0.4 is 14.9 Å². The summed E-state index contributed by atoms with van der Waals surface area (Å²) in [6.07, 6.45) is 16.7. The number of terminal acetylenes is 1. The Hall–Kier alpha value is -2.20. The zero-order valence-corrected chi connectivity index (χ0v) is 20.2. The van der Waals surface area contributed by atoms with E-state index >= 15 is 0 Å². The topological polar surface area (TPSA) is 78.5 Å². The zero-order chi connectivity index (χ0) is 23.1. The van der Waals surface area contributed by atoms with E-state index in [1.54, 1.807) is 17.0 Å². The molecule has 0 aliphatic heterocycles. The average Bonchev–Trinajstić information content (AvgIpc) is 2.71. The lowest BCUT2D eigenvalue weighted by Crippen LogP contribution is -2.36. The van der Waals surface area contributed by atoms with Gasteiger partial charge in [0, 0.05) is 24.0 Å². The summed E-state index contributed by atoms with van der Waals surface area (Å²) in [5.74, 6) is -0.0392. The molecule has 2 N–H and O–H groups in total. The number of nitrogens with one attached hydrogen (secondary N) is 2. The summed E-state index contributed by atoms with van der Waals surface area (Å²) >= 11 is 0. The third-order valence-electron chi connectivity index (χ3n) is 5.26. The number of benzene rings is 1. The highest BCUT2D eigenvalue weighted by molar-refractivity contribution is 7.90. The van der Waals surface area contributed by atoms with Crippen LogP contribution in [-0.2, 0) is 10.0 Å². The molecular formula is C24H39N3O3S. The number of amides is 2. The molecule has 0 atom stereocenters. The maximum atomic E-state index is 12.2. The lowest BCUT2D eigenvalue weighted by molar-refractivity contribution is 0.256. The van der Waals surface area contributed by atoms with Crippen LogP contribution in [0.2, 0.25) is 0 Å². The van der Waals surface area contributed by atoms with Crippen molar-refractivity contribution < 1.29 is 13.2 Å². The molecule has 1 rings (SSSR count). The van der Waals surface area contributed by atoms with Crippen molar-refractivity contribution in [3.63, 3.8) is 0 Å². The van der Waals surface area contributed by atoms with E-state index in [9.17, 15) is 13.2 Å². The Bertz CT molecular complexity index is 816. The molecule has 0 aliphatic rings. The van der Waals surface area contributed by atoms with Crippen molar-refractivity contribution in [2.45, 2.75) is 85.0 Å². The van der Waals surface area contributed by atoms with Gasteiger partial charge >= 0.3 is 6.03 Å². The molecule has 0 radical (unpaired) electrons. The predicted molar refractivity (Wildman–Crippen MR) is 131 cm³/mol. The van der Waals surface area contributed by atoms with Crippen molar-refractivity contribution >= 4 is 27.4 Å². The van der Waals surface area contributed by atoms with Crippen molar-refractivity contribution in [1.82, 2.24) is 4.72 Å². The average molecular weight is 450 g/mol. The first-order chi connectivity index (χ1) is 14.8. The van der Waals surface area contributed by atoms with Crippen LogP contribution in [0.15, 0.2) is 18.2 Å². The molecule has 174 valence electrons. The van der Waals surface area contributed by atoms with Gasteiger partial charge < -0.3 is 10.2 Å². The Morgan fingerprint density at radius 3 is 2.10 bits per heavy atom. The minimum atomic E-state index is -3.65. The van der Waals surface area contributed by atoms with Gasteiger partial charge in [-0.2, -0.15) is 0 Å². The molecule has 6 nitrogen and oxygen atoms in total. The molecule has 1 aromatic carbocycles. The lowest BCUT2D eigenvalue weighted by atomic mass is 10.1.